The molecule has 21 heavy (non-hydrogen) atoms. The lowest BCUT2D eigenvalue weighted by Gasteiger charge is -2.34. The number of anilines is 1. The molecule has 1 heterocycles. The molecule has 1 aliphatic heterocycles. The zero-order valence-corrected chi connectivity index (χ0v) is 12.8. The van der Waals surface area contributed by atoms with Crippen LogP contribution in [0.2, 0.25) is 0 Å². The van der Waals surface area contributed by atoms with Gasteiger partial charge in [-0.2, -0.15) is 0 Å². The highest BCUT2D eigenvalue weighted by atomic mass is 16.2. The number of nitrogens with zero attached hydrogens (tertiary/aromatic N) is 1. The molecule has 0 unspecified atom stereocenters. The van der Waals surface area contributed by atoms with Crippen molar-refractivity contribution >= 4 is 17.5 Å². The fourth-order valence-corrected chi connectivity index (χ4v) is 2.29. The van der Waals surface area contributed by atoms with Gasteiger partial charge in [0.2, 0.25) is 5.91 Å². The molecule has 114 valence electrons. The number of benzene rings is 1. The van der Waals surface area contributed by atoms with E-state index < -0.39 is 0 Å². The Morgan fingerprint density at radius 2 is 1.95 bits per heavy atom. The van der Waals surface area contributed by atoms with Crippen molar-refractivity contribution in [3.05, 3.63) is 29.8 Å². The molecule has 1 aromatic carbocycles. The molecule has 0 radical (unpaired) electrons. The van der Waals surface area contributed by atoms with E-state index in [9.17, 15) is 9.59 Å². The van der Waals surface area contributed by atoms with Crippen LogP contribution in [0.1, 0.15) is 31.1 Å². The van der Waals surface area contributed by atoms with Gasteiger partial charge in [-0.3, -0.25) is 9.59 Å². The van der Waals surface area contributed by atoms with E-state index in [2.05, 4.69) is 10.6 Å². The average Bonchev–Trinajstić information content (AvgIpc) is 2.47. The van der Waals surface area contributed by atoms with E-state index in [0.29, 0.717) is 5.56 Å². The van der Waals surface area contributed by atoms with Gasteiger partial charge in [-0.15, -0.1) is 0 Å². The molecule has 1 aliphatic rings. The minimum absolute atomic E-state index is 0.0233. The number of carbonyl (C=O) groups excluding carboxylic acids is 2. The van der Waals surface area contributed by atoms with Gasteiger partial charge in [0, 0.05) is 42.8 Å². The van der Waals surface area contributed by atoms with Crippen LogP contribution in [-0.4, -0.2) is 42.4 Å². The lowest BCUT2D eigenvalue weighted by molar-refractivity contribution is -0.118. The van der Waals surface area contributed by atoms with E-state index >= 15 is 0 Å². The molecule has 2 N–H and O–H groups in total. The summed E-state index contributed by atoms with van der Waals surface area (Å²) >= 11 is 0. The van der Waals surface area contributed by atoms with Crippen LogP contribution in [0.5, 0.6) is 0 Å². The highest BCUT2D eigenvalue weighted by Crippen LogP contribution is 2.14. The molecule has 0 aromatic heterocycles. The number of hydrogen-bond donors (Lipinski definition) is 2. The van der Waals surface area contributed by atoms with Gasteiger partial charge in [0.05, 0.1) is 0 Å². The minimum atomic E-state index is -0.0620. The summed E-state index contributed by atoms with van der Waals surface area (Å²) in [5.74, 6) is -0.0384. The van der Waals surface area contributed by atoms with Crippen molar-refractivity contribution in [1.82, 2.24) is 10.2 Å². The Balaban J connectivity index is 2.04. The van der Waals surface area contributed by atoms with Gasteiger partial charge in [-0.25, -0.2) is 0 Å². The molecule has 5 heteroatoms. The van der Waals surface area contributed by atoms with E-state index in [-0.39, 0.29) is 23.8 Å². The molecule has 1 atom stereocenters. The van der Waals surface area contributed by atoms with E-state index in [1.165, 1.54) is 0 Å². The molecular weight excluding hydrogens is 266 g/mol. The number of rotatable bonds is 3. The molecule has 0 spiro atoms. The number of nitrogens with one attached hydrogen (secondary N) is 2. The predicted octanol–water partition coefficient (Wildman–Crippen LogP) is 1.71. The smallest absolute Gasteiger partial charge is 0.254 e. The monoisotopic (exact) mass is 289 g/mol. The van der Waals surface area contributed by atoms with Crippen molar-refractivity contribution in [1.29, 1.82) is 0 Å². The molecule has 1 saturated heterocycles. The van der Waals surface area contributed by atoms with Gasteiger partial charge in [0.25, 0.3) is 5.91 Å². The summed E-state index contributed by atoms with van der Waals surface area (Å²) in [6.45, 7) is 8.12. The summed E-state index contributed by atoms with van der Waals surface area (Å²) in [6.07, 6.45) is 0. The third-order valence-electron chi connectivity index (χ3n) is 3.69. The second-order valence-electron chi connectivity index (χ2n) is 5.77. The predicted molar refractivity (Wildman–Crippen MR) is 83.3 cm³/mol. The lowest BCUT2D eigenvalue weighted by Crippen LogP contribution is -2.52. The summed E-state index contributed by atoms with van der Waals surface area (Å²) in [4.78, 5) is 26.0. The highest BCUT2D eigenvalue weighted by molar-refractivity contribution is 5.96. The van der Waals surface area contributed by atoms with E-state index in [0.717, 1.165) is 25.3 Å². The minimum Gasteiger partial charge on any atom is -0.333 e. The van der Waals surface area contributed by atoms with Gasteiger partial charge in [0.15, 0.2) is 0 Å². The van der Waals surface area contributed by atoms with E-state index in [1.807, 2.05) is 25.7 Å². The second-order valence-corrected chi connectivity index (χ2v) is 5.77. The van der Waals surface area contributed by atoms with Gasteiger partial charge in [0.1, 0.15) is 0 Å². The van der Waals surface area contributed by atoms with Crippen molar-refractivity contribution in [2.24, 2.45) is 5.92 Å². The van der Waals surface area contributed by atoms with Crippen molar-refractivity contribution < 1.29 is 9.59 Å². The summed E-state index contributed by atoms with van der Waals surface area (Å²) < 4.78 is 0. The quantitative estimate of drug-likeness (QED) is 0.890. The van der Waals surface area contributed by atoms with Crippen LogP contribution < -0.4 is 10.6 Å². The van der Waals surface area contributed by atoms with Gasteiger partial charge in [-0.05, 0) is 31.2 Å². The summed E-state index contributed by atoms with van der Waals surface area (Å²) in [5.41, 5.74) is 1.38. The van der Waals surface area contributed by atoms with E-state index in [1.54, 1.807) is 24.3 Å². The van der Waals surface area contributed by atoms with Crippen LogP contribution in [0.25, 0.3) is 0 Å². The Morgan fingerprint density at radius 1 is 1.29 bits per heavy atom. The van der Waals surface area contributed by atoms with Gasteiger partial charge >= 0.3 is 0 Å². The second kappa shape index (κ2) is 6.72. The van der Waals surface area contributed by atoms with Crippen LogP contribution in [-0.2, 0) is 4.79 Å². The zero-order valence-electron chi connectivity index (χ0n) is 12.8. The lowest BCUT2D eigenvalue weighted by atomic mass is 10.1. The molecular formula is C16H23N3O2. The Morgan fingerprint density at radius 3 is 2.52 bits per heavy atom. The zero-order chi connectivity index (χ0) is 15.4. The van der Waals surface area contributed by atoms with Crippen LogP contribution >= 0.6 is 0 Å². The Bertz CT molecular complexity index is 511. The van der Waals surface area contributed by atoms with Crippen molar-refractivity contribution in [3.8, 4) is 0 Å². The number of piperazine rings is 1. The third kappa shape index (κ3) is 3.82. The first-order valence-corrected chi connectivity index (χ1v) is 7.41. The number of amides is 2. The summed E-state index contributed by atoms with van der Waals surface area (Å²) in [5, 5.41) is 6.09. The Hall–Kier alpha value is -1.88. The van der Waals surface area contributed by atoms with E-state index in [4.69, 9.17) is 0 Å². The topological polar surface area (TPSA) is 61.4 Å². The average molecular weight is 289 g/mol. The number of hydrogen-bond acceptors (Lipinski definition) is 3. The molecule has 0 aliphatic carbocycles. The largest absolute Gasteiger partial charge is 0.333 e. The maximum atomic E-state index is 12.5. The van der Waals surface area contributed by atoms with Crippen molar-refractivity contribution in [2.75, 3.05) is 25.0 Å². The molecule has 0 saturated carbocycles. The van der Waals surface area contributed by atoms with Crippen molar-refractivity contribution in [3.63, 3.8) is 0 Å². The SMILES string of the molecule is CC(C)C(=O)Nc1ccc(C(=O)N2CCNC[C@H]2C)cc1. The van der Waals surface area contributed by atoms with Gasteiger partial charge < -0.3 is 15.5 Å². The first-order valence-electron chi connectivity index (χ1n) is 7.41. The highest BCUT2D eigenvalue weighted by Gasteiger charge is 2.23. The Labute approximate surface area is 125 Å². The van der Waals surface area contributed by atoms with Crippen LogP contribution in [0.4, 0.5) is 5.69 Å². The summed E-state index contributed by atoms with van der Waals surface area (Å²) in [6, 6.07) is 7.30. The number of carbonyl (C=O) groups is 2. The Kier molecular flexibility index (Phi) is 4.96. The molecule has 1 aromatic rings. The van der Waals surface area contributed by atoms with Gasteiger partial charge in [-0.1, -0.05) is 13.8 Å². The fourth-order valence-electron chi connectivity index (χ4n) is 2.29. The molecule has 5 nitrogen and oxygen atoms in total. The maximum absolute atomic E-state index is 12.5. The standard InChI is InChI=1S/C16H23N3O2/c1-11(2)15(20)18-14-6-4-13(5-7-14)16(21)19-9-8-17-10-12(19)3/h4-7,11-12,17H,8-10H2,1-3H3,(H,18,20)/t12-/m1/s1. The normalized spacial score (nSPS) is 18.7. The van der Waals surface area contributed by atoms with Crippen molar-refractivity contribution in [2.45, 2.75) is 26.8 Å². The van der Waals surface area contributed by atoms with Crippen LogP contribution in [0.3, 0.4) is 0 Å². The fraction of sp³-hybridized carbons (Fsp3) is 0.500. The molecule has 2 rings (SSSR count). The van der Waals surface area contributed by atoms with Crippen LogP contribution in [0, 0.1) is 5.92 Å². The molecule has 2 amide bonds. The summed E-state index contributed by atoms with van der Waals surface area (Å²) in [7, 11) is 0. The van der Waals surface area contributed by atoms with Crippen LogP contribution in [0.15, 0.2) is 24.3 Å². The first-order chi connectivity index (χ1) is 9.99. The molecule has 1 fully saturated rings. The first kappa shape index (κ1) is 15.5. The molecule has 0 bridgehead atoms. The maximum Gasteiger partial charge on any atom is 0.254 e. The third-order valence-corrected chi connectivity index (χ3v) is 3.69.